The van der Waals surface area contributed by atoms with E-state index in [4.69, 9.17) is 5.90 Å². The van der Waals surface area contributed by atoms with E-state index in [0.717, 1.165) is 6.54 Å². The summed E-state index contributed by atoms with van der Waals surface area (Å²) in [6.07, 6.45) is 7.51. The molecule has 0 amide bonds. The van der Waals surface area contributed by atoms with Gasteiger partial charge in [0.25, 0.3) is 0 Å². The maximum absolute atomic E-state index is 4.84. The van der Waals surface area contributed by atoms with Gasteiger partial charge in [0.05, 0.1) is 6.54 Å². The van der Waals surface area contributed by atoms with Gasteiger partial charge in [-0.2, -0.15) is 10.8 Å². The molecule has 1 heterocycles. The van der Waals surface area contributed by atoms with Gasteiger partial charge in [-0.1, -0.05) is 12.2 Å². The van der Waals surface area contributed by atoms with E-state index in [0.29, 0.717) is 0 Å². The summed E-state index contributed by atoms with van der Waals surface area (Å²) < 4.78 is 0. The molecule has 0 unspecified atom stereocenters. The van der Waals surface area contributed by atoms with Gasteiger partial charge in [0.2, 0.25) is 0 Å². The zero-order chi connectivity index (χ0) is 5.82. The minimum Gasteiger partial charge on any atom is -0.239 e. The molecular weight excluding hydrogens is 104 g/mol. The van der Waals surface area contributed by atoms with Crippen LogP contribution in [0, 0.1) is 0 Å². The Labute approximate surface area is 47.9 Å². The van der Waals surface area contributed by atoms with Gasteiger partial charge in [-0.05, 0) is 6.08 Å². The van der Waals surface area contributed by atoms with Gasteiger partial charge in [0.1, 0.15) is 0 Å². The first-order valence-electron chi connectivity index (χ1n) is 2.40. The van der Waals surface area contributed by atoms with Gasteiger partial charge < -0.3 is 0 Å². The Balaban J connectivity index is 2.40. The number of hydrogen-bond donors (Lipinski definition) is 1. The molecule has 0 atom stereocenters. The summed E-state index contributed by atoms with van der Waals surface area (Å²) in [5, 5.41) is 1.53. The molecular formula is C5H8N2O. The van der Waals surface area contributed by atoms with Crippen LogP contribution in [0.2, 0.25) is 0 Å². The van der Waals surface area contributed by atoms with Gasteiger partial charge in [-0.15, -0.1) is 0 Å². The first-order chi connectivity index (χ1) is 3.93. The monoisotopic (exact) mass is 112 g/mol. The van der Waals surface area contributed by atoms with Crippen molar-refractivity contribution in [2.24, 2.45) is 5.90 Å². The van der Waals surface area contributed by atoms with Gasteiger partial charge in [0, 0.05) is 6.20 Å². The van der Waals surface area contributed by atoms with Crippen LogP contribution >= 0.6 is 0 Å². The second-order valence-electron chi connectivity index (χ2n) is 1.47. The maximum atomic E-state index is 4.84. The highest BCUT2D eigenvalue weighted by molar-refractivity contribution is 5.06. The maximum Gasteiger partial charge on any atom is 0.0651 e. The summed E-state index contributed by atoms with van der Waals surface area (Å²) in [7, 11) is 0. The van der Waals surface area contributed by atoms with E-state index in [1.807, 2.05) is 18.2 Å². The second-order valence-corrected chi connectivity index (χ2v) is 1.47. The molecule has 0 aliphatic carbocycles. The van der Waals surface area contributed by atoms with Crippen LogP contribution in [0.5, 0.6) is 0 Å². The minimum atomic E-state index is 0.729. The Hall–Kier alpha value is -0.800. The fraction of sp³-hybridized carbons (Fsp3) is 0.200. The van der Waals surface area contributed by atoms with Gasteiger partial charge in [0.15, 0.2) is 0 Å². The van der Waals surface area contributed by atoms with Crippen LogP contribution in [0.4, 0.5) is 0 Å². The highest BCUT2D eigenvalue weighted by Crippen LogP contribution is 1.94. The van der Waals surface area contributed by atoms with E-state index in [1.54, 1.807) is 6.20 Å². The van der Waals surface area contributed by atoms with Crippen molar-refractivity contribution in [3.8, 4) is 0 Å². The molecule has 2 N–H and O–H groups in total. The van der Waals surface area contributed by atoms with E-state index in [9.17, 15) is 0 Å². The Bertz CT molecular complexity index is 120. The summed E-state index contributed by atoms with van der Waals surface area (Å²) in [5.41, 5.74) is 0. The van der Waals surface area contributed by atoms with Crippen molar-refractivity contribution in [1.82, 2.24) is 5.06 Å². The average Bonchev–Trinajstić information content (AvgIpc) is 1.90. The van der Waals surface area contributed by atoms with Crippen LogP contribution in [-0.2, 0) is 4.94 Å². The molecule has 1 aliphatic heterocycles. The molecule has 8 heavy (non-hydrogen) atoms. The first kappa shape index (κ1) is 5.34. The van der Waals surface area contributed by atoms with Crippen LogP contribution in [0.3, 0.4) is 0 Å². The van der Waals surface area contributed by atoms with E-state index in [-0.39, 0.29) is 0 Å². The third-order valence-electron chi connectivity index (χ3n) is 0.920. The Morgan fingerprint density at radius 2 is 2.38 bits per heavy atom. The molecule has 0 fully saturated rings. The quantitative estimate of drug-likeness (QED) is 0.492. The average molecular weight is 112 g/mol. The fourth-order valence-corrected chi connectivity index (χ4v) is 0.528. The van der Waals surface area contributed by atoms with Crippen LogP contribution in [0.25, 0.3) is 0 Å². The number of nitrogens with two attached hydrogens (primary N) is 1. The molecule has 3 heteroatoms. The van der Waals surface area contributed by atoms with Crippen molar-refractivity contribution >= 4 is 0 Å². The molecule has 0 saturated heterocycles. The minimum absolute atomic E-state index is 0.729. The van der Waals surface area contributed by atoms with Gasteiger partial charge in [-0.3, -0.25) is 0 Å². The molecule has 1 rings (SSSR count). The summed E-state index contributed by atoms with van der Waals surface area (Å²) >= 11 is 0. The number of hydroxylamine groups is 2. The lowest BCUT2D eigenvalue weighted by Crippen LogP contribution is -2.22. The SMILES string of the molecule is NON1C=CC=CC1. The van der Waals surface area contributed by atoms with Crippen molar-refractivity contribution in [3.05, 3.63) is 24.4 Å². The Morgan fingerprint density at radius 1 is 1.50 bits per heavy atom. The standard InChI is InChI=1S/C5H8N2O/c6-8-7-4-2-1-3-5-7/h1-4H,5-6H2. The molecule has 3 nitrogen and oxygen atoms in total. The lowest BCUT2D eigenvalue weighted by Gasteiger charge is -2.14. The van der Waals surface area contributed by atoms with Crippen molar-refractivity contribution in [2.45, 2.75) is 0 Å². The number of nitrogens with zero attached hydrogens (tertiary/aromatic N) is 1. The number of hydrogen-bond acceptors (Lipinski definition) is 3. The summed E-state index contributed by atoms with van der Waals surface area (Å²) in [6, 6.07) is 0. The predicted molar refractivity (Wildman–Crippen MR) is 30.3 cm³/mol. The zero-order valence-corrected chi connectivity index (χ0v) is 4.45. The molecule has 1 aliphatic rings. The lowest BCUT2D eigenvalue weighted by molar-refractivity contribution is -0.116. The molecule has 0 aromatic carbocycles. The van der Waals surface area contributed by atoms with Crippen molar-refractivity contribution in [2.75, 3.05) is 6.54 Å². The normalized spacial score (nSPS) is 17.4. The van der Waals surface area contributed by atoms with E-state index < -0.39 is 0 Å². The molecule has 0 spiro atoms. The fourth-order valence-electron chi connectivity index (χ4n) is 0.528. The highest BCUT2D eigenvalue weighted by Gasteiger charge is 1.93. The first-order valence-corrected chi connectivity index (χ1v) is 2.40. The van der Waals surface area contributed by atoms with Crippen molar-refractivity contribution < 1.29 is 4.94 Å². The predicted octanol–water partition coefficient (Wildman–Crippen LogP) is 0.177. The molecule has 0 aromatic rings. The van der Waals surface area contributed by atoms with Crippen LogP contribution in [-0.4, -0.2) is 11.6 Å². The van der Waals surface area contributed by atoms with Gasteiger partial charge in [-0.25, -0.2) is 5.06 Å². The van der Waals surface area contributed by atoms with Crippen LogP contribution in [0.15, 0.2) is 24.4 Å². The van der Waals surface area contributed by atoms with E-state index in [2.05, 4.69) is 4.94 Å². The van der Waals surface area contributed by atoms with Crippen LogP contribution < -0.4 is 5.90 Å². The van der Waals surface area contributed by atoms with E-state index in [1.165, 1.54) is 5.06 Å². The number of rotatable bonds is 1. The topological polar surface area (TPSA) is 38.5 Å². The molecule has 0 radical (unpaired) electrons. The molecule has 44 valence electrons. The summed E-state index contributed by atoms with van der Waals surface area (Å²) in [4.78, 5) is 4.39. The zero-order valence-electron chi connectivity index (χ0n) is 4.45. The van der Waals surface area contributed by atoms with Crippen molar-refractivity contribution in [3.63, 3.8) is 0 Å². The smallest absolute Gasteiger partial charge is 0.0651 e. The summed E-state index contributed by atoms with van der Waals surface area (Å²) in [6.45, 7) is 0.729. The number of allylic oxidation sites excluding steroid dienone is 2. The highest BCUT2D eigenvalue weighted by atomic mass is 16.8. The van der Waals surface area contributed by atoms with E-state index >= 15 is 0 Å². The van der Waals surface area contributed by atoms with Crippen molar-refractivity contribution in [1.29, 1.82) is 0 Å². The third-order valence-corrected chi connectivity index (χ3v) is 0.920. The largest absolute Gasteiger partial charge is 0.239 e. The lowest BCUT2D eigenvalue weighted by atomic mass is 10.4. The van der Waals surface area contributed by atoms with Gasteiger partial charge >= 0.3 is 0 Å². The third kappa shape index (κ3) is 1.08. The molecule has 0 aromatic heterocycles. The van der Waals surface area contributed by atoms with Crippen LogP contribution in [0.1, 0.15) is 0 Å². The molecule has 0 bridgehead atoms. The Kier molecular flexibility index (Phi) is 1.66. The Morgan fingerprint density at radius 3 is 2.75 bits per heavy atom. The molecule has 0 saturated carbocycles. The second kappa shape index (κ2) is 2.49. The summed E-state index contributed by atoms with van der Waals surface area (Å²) in [5.74, 6) is 4.84.